The molecule has 5 nitrogen and oxygen atoms in total. The van der Waals surface area contributed by atoms with Crippen LogP contribution in [0.3, 0.4) is 0 Å². The summed E-state index contributed by atoms with van der Waals surface area (Å²) in [5.74, 6) is 0.229. The number of methoxy groups -OCH3 is 1. The molecule has 1 aromatic carbocycles. The van der Waals surface area contributed by atoms with Crippen LogP contribution in [0.1, 0.15) is 10.4 Å². The molecule has 1 amide bonds. The Bertz CT molecular complexity index is 530. The Balaban J connectivity index is 2.24. The first-order valence-electron chi connectivity index (χ1n) is 4.62. The maximum Gasteiger partial charge on any atom is 0.261 e. The number of carbonyl (C=O) groups excluding carboxylic acids is 1. The van der Waals surface area contributed by atoms with Gasteiger partial charge in [0, 0.05) is 4.47 Å². The molecule has 0 fully saturated rings. The van der Waals surface area contributed by atoms with E-state index in [-0.39, 0.29) is 5.91 Å². The van der Waals surface area contributed by atoms with Gasteiger partial charge >= 0.3 is 0 Å². The van der Waals surface area contributed by atoms with Crippen molar-refractivity contribution < 1.29 is 9.53 Å². The van der Waals surface area contributed by atoms with Crippen molar-refractivity contribution in [2.24, 2.45) is 0 Å². The zero-order valence-electron chi connectivity index (χ0n) is 8.81. The van der Waals surface area contributed by atoms with Crippen molar-refractivity contribution in [3.63, 3.8) is 0 Å². The van der Waals surface area contributed by atoms with E-state index in [2.05, 4.69) is 31.4 Å². The maximum absolute atomic E-state index is 11.9. The number of halogens is 1. The largest absolute Gasteiger partial charge is 0.496 e. The fraction of sp³-hybridized carbons (Fsp3) is 0.100. The van der Waals surface area contributed by atoms with Gasteiger partial charge in [0.05, 0.1) is 12.7 Å². The van der Waals surface area contributed by atoms with Crippen molar-refractivity contribution in [2.45, 2.75) is 0 Å². The van der Waals surface area contributed by atoms with Crippen LogP contribution in [-0.4, -0.2) is 23.2 Å². The molecule has 7 heteroatoms. The molecule has 0 aliphatic heterocycles. The number of aromatic nitrogens is 2. The van der Waals surface area contributed by atoms with Crippen LogP contribution < -0.4 is 10.1 Å². The van der Waals surface area contributed by atoms with Crippen LogP contribution >= 0.6 is 27.3 Å². The first kappa shape index (κ1) is 12.0. The van der Waals surface area contributed by atoms with Gasteiger partial charge in [-0.25, -0.2) is 0 Å². The Hall–Kier alpha value is -1.47. The van der Waals surface area contributed by atoms with Crippen molar-refractivity contribution in [3.05, 3.63) is 33.7 Å². The molecule has 2 rings (SSSR count). The predicted molar refractivity (Wildman–Crippen MR) is 68.6 cm³/mol. The monoisotopic (exact) mass is 313 g/mol. The quantitative estimate of drug-likeness (QED) is 0.946. The van der Waals surface area contributed by atoms with Crippen LogP contribution in [-0.2, 0) is 0 Å². The average molecular weight is 314 g/mol. The number of nitrogens with zero attached hydrogens (tertiary/aromatic N) is 2. The number of carbonyl (C=O) groups is 1. The Morgan fingerprint density at radius 2 is 2.35 bits per heavy atom. The van der Waals surface area contributed by atoms with Gasteiger partial charge in [0.25, 0.3) is 5.91 Å². The molecule has 0 aliphatic carbocycles. The molecule has 17 heavy (non-hydrogen) atoms. The summed E-state index contributed by atoms with van der Waals surface area (Å²) in [7, 11) is 1.52. The number of anilines is 1. The van der Waals surface area contributed by atoms with E-state index in [4.69, 9.17) is 4.74 Å². The van der Waals surface area contributed by atoms with Crippen LogP contribution in [0, 0.1) is 0 Å². The zero-order valence-corrected chi connectivity index (χ0v) is 11.2. The van der Waals surface area contributed by atoms with E-state index in [1.165, 1.54) is 18.4 Å². The predicted octanol–water partition coefficient (Wildman–Crippen LogP) is 2.56. The van der Waals surface area contributed by atoms with E-state index in [0.717, 1.165) is 4.47 Å². The summed E-state index contributed by atoms with van der Waals surface area (Å²) in [4.78, 5) is 11.9. The van der Waals surface area contributed by atoms with Gasteiger partial charge in [-0.15, -0.1) is 10.2 Å². The number of hydrogen-bond donors (Lipinski definition) is 1. The van der Waals surface area contributed by atoms with Gasteiger partial charge < -0.3 is 4.74 Å². The van der Waals surface area contributed by atoms with E-state index in [1.54, 1.807) is 23.7 Å². The lowest BCUT2D eigenvalue weighted by molar-refractivity contribution is 0.102. The molecule has 1 heterocycles. The molecule has 2 aromatic rings. The van der Waals surface area contributed by atoms with Crippen LogP contribution in [0.2, 0.25) is 0 Å². The molecular weight excluding hydrogens is 306 g/mol. The van der Waals surface area contributed by atoms with Crippen LogP contribution in [0.5, 0.6) is 5.75 Å². The average Bonchev–Trinajstić information content (AvgIpc) is 2.81. The third-order valence-electron chi connectivity index (χ3n) is 1.99. The highest BCUT2D eigenvalue weighted by Crippen LogP contribution is 2.24. The van der Waals surface area contributed by atoms with Gasteiger partial charge in [0.2, 0.25) is 5.13 Å². The topological polar surface area (TPSA) is 64.1 Å². The number of ether oxygens (including phenoxy) is 1. The molecule has 0 aliphatic rings. The van der Waals surface area contributed by atoms with Crippen molar-refractivity contribution in [1.29, 1.82) is 0 Å². The van der Waals surface area contributed by atoms with Crippen LogP contribution in [0.25, 0.3) is 0 Å². The maximum atomic E-state index is 11.9. The zero-order chi connectivity index (χ0) is 12.3. The third kappa shape index (κ3) is 2.80. The van der Waals surface area contributed by atoms with Gasteiger partial charge in [-0.1, -0.05) is 27.3 Å². The number of rotatable bonds is 3. The van der Waals surface area contributed by atoms with E-state index in [0.29, 0.717) is 16.4 Å². The lowest BCUT2D eigenvalue weighted by Gasteiger charge is -2.07. The van der Waals surface area contributed by atoms with Gasteiger partial charge in [-0.05, 0) is 18.2 Å². The fourth-order valence-corrected chi connectivity index (χ4v) is 2.02. The summed E-state index contributed by atoms with van der Waals surface area (Å²) in [5, 5.41) is 10.5. The second-order valence-corrected chi connectivity index (χ2v) is 4.79. The molecule has 0 radical (unpaired) electrons. The highest BCUT2D eigenvalue weighted by Gasteiger charge is 2.13. The number of nitrogens with one attached hydrogen (secondary N) is 1. The summed E-state index contributed by atoms with van der Waals surface area (Å²) in [6.07, 6.45) is 0. The molecular formula is C10H8BrN3O2S. The Morgan fingerprint density at radius 3 is 3.00 bits per heavy atom. The first-order chi connectivity index (χ1) is 8.20. The number of amides is 1. The minimum Gasteiger partial charge on any atom is -0.496 e. The normalized spacial score (nSPS) is 10.0. The summed E-state index contributed by atoms with van der Waals surface area (Å²) in [6, 6.07) is 5.19. The first-order valence-corrected chi connectivity index (χ1v) is 6.29. The smallest absolute Gasteiger partial charge is 0.261 e. The molecule has 0 saturated carbocycles. The SMILES string of the molecule is COc1cc(Br)ccc1C(=O)Nc1nncs1. The van der Waals surface area contributed by atoms with E-state index in [9.17, 15) is 4.79 Å². The number of benzene rings is 1. The Kier molecular flexibility index (Phi) is 3.70. The second kappa shape index (κ2) is 5.24. The van der Waals surface area contributed by atoms with Crippen LogP contribution in [0.15, 0.2) is 28.2 Å². The summed E-state index contributed by atoms with van der Waals surface area (Å²) in [5.41, 5.74) is 2.00. The highest BCUT2D eigenvalue weighted by molar-refractivity contribution is 9.10. The molecule has 0 unspecified atom stereocenters. The Labute approximate surface area is 110 Å². The second-order valence-electron chi connectivity index (χ2n) is 3.04. The summed E-state index contributed by atoms with van der Waals surface area (Å²) < 4.78 is 5.99. The molecule has 1 N–H and O–H groups in total. The lowest BCUT2D eigenvalue weighted by Crippen LogP contribution is -2.13. The van der Waals surface area contributed by atoms with Gasteiger partial charge in [0.15, 0.2) is 0 Å². The van der Waals surface area contributed by atoms with Crippen LogP contribution in [0.4, 0.5) is 5.13 Å². The van der Waals surface area contributed by atoms with E-state index < -0.39 is 0 Å². The molecule has 0 atom stereocenters. The van der Waals surface area contributed by atoms with Crippen molar-refractivity contribution in [1.82, 2.24) is 10.2 Å². The fourth-order valence-electron chi connectivity index (χ4n) is 1.24. The molecule has 88 valence electrons. The minimum absolute atomic E-state index is 0.272. The minimum atomic E-state index is -0.272. The molecule has 0 spiro atoms. The summed E-state index contributed by atoms with van der Waals surface area (Å²) in [6.45, 7) is 0. The van der Waals surface area contributed by atoms with Gasteiger partial charge in [-0.2, -0.15) is 0 Å². The summed E-state index contributed by atoms with van der Waals surface area (Å²) >= 11 is 4.57. The van der Waals surface area contributed by atoms with Crippen molar-refractivity contribution in [2.75, 3.05) is 12.4 Å². The third-order valence-corrected chi connectivity index (χ3v) is 3.09. The standard InChI is InChI=1S/C10H8BrN3O2S/c1-16-8-4-6(11)2-3-7(8)9(15)13-10-14-12-5-17-10/h2-5H,1H3,(H,13,14,15). The molecule has 0 bridgehead atoms. The van der Waals surface area contributed by atoms with E-state index in [1.807, 2.05) is 0 Å². The van der Waals surface area contributed by atoms with E-state index >= 15 is 0 Å². The van der Waals surface area contributed by atoms with Crippen molar-refractivity contribution in [3.8, 4) is 5.75 Å². The Morgan fingerprint density at radius 1 is 1.53 bits per heavy atom. The van der Waals surface area contributed by atoms with Gasteiger partial charge in [0.1, 0.15) is 11.3 Å². The lowest BCUT2D eigenvalue weighted by atomic mass is 10.2. The van der Waals surface area contributed by atoms with Crippen molar-refractivity contribution >= 4 is 38.3 Å². The molecule has 1 aromatic heterocycles. The highest BCUT2D eigenvalue weighted by atomic mass is 79.9. The number of hydrogen-bond acceptors (Lipinski definition) is 5. The van der Waals surface area contributed by atoms with Gasteiger partial charge in [-0.3, -0.25) is 10.1 Å². The molecule has 0 saturated heterocycles.